The second-order valence-electron chi connectivity index (χ2n) is 15.5. The van der Waals surface area contributed by atoms with Gasteiger partial charge < -0.3 is 8.98 Å². The molecule has 0 unspecified atom stereocenters. The smallest absolute Gasteiger partial charge is 0.164 e. The highest BCUT2D eigenvalue weighted by Crippen LogP contribution is 2.45. The van der Waals surface area contributed by atoms with E-state index in [4.69, 9.17) is 19.4 Å². The molecule has 0 radical (unpaired) electrons. The Balaban J connectivity index is 1.10. The maximum atomic E-state index is 6.73. The van der Waals surface area contributed by atoms with Crippen LogP contribution in [0, 0.1) is 0 Å². The zero-order valence-corrected chi connectivity index (χ0v) is 33.4. The molecular formula is C55H32N4OS. The number of hydrogen-bond acceptors (Lipinski definition) is 5. The molecule has 0 N–H and O–H groups in total. The van der Waals surface area contributed by atoms with Crippen LogP contribution in [0.4, 0.5) is 0 Å². The van der Waals surface area contributed by atoms with E-state index in [-0.39, 0.29) is 0 Å². The van der Waals surface area contributed by atoms with Gasteiger partial charge in [0.05, 0.1) is 11.0 Å². The van der Waals surface area contributed by atoms with Crippen molar-refractivity contribution in [2.24, 2.45) is 0 Å². The van der Waals surface area contributed by atoms with Crippen LogP contribution in [0.25, 0.3) is 126 Å². The average molecular weight is 797 g/mol. The first-order chi connectivity index (χ1) is 30.2. The fourth-order valence-electron chi connectivity index (χ4n) is 9.19. The summed E-state index contributed by atoms with van der Waals surface area (Å²) in [6, 6.07) is 68.4. The highest BCUT2D eigenvalue weighted by Gasteiger charge is 2.22. The third-order valence-corrected chi connectivity index (χ3v) is 13.3. The van der Waals surface area contributed by atoms with Gasteiger partial charge in [-0.2, -0.15) is 0 Å². The lowest BCUT2D eigenvalue weighted by molar-refractivity contribution is 0.671. The number of fused-ring (bicyclic) bond motifs is 12. The molecule has 61 heavy (non-hydrogen) atoms. The Morgan fingerprint density at radius 2 is 0.984 bits per heavy atom. The molecule has 0 amide bonds. The summed E-state index contributed by atoms with van der Waals surface area (Å²) < 4.78 is 11.6. The quantitative estimate of drug-likeness (QED) is 0.174. The molecule has 9 aromatic carbocycles. The van der Waals surface area contributed by atoms with Crippen LogP contribution in [-0.2, 0) is 0 Å². The summed E-state index contributed by atoms with van der Waals surface area (Å²) in [6.07, 6.45) is 0. The van der Waals surface area contributed by atoms with Crippen molar-refractivity contribution < 1.29 is 4.42 Å². The van der Waals surface area contributed by atoms with E-state index in [1.807, 2.05) is 41.7 Å². The van der Waals surface area contributed by atoms with Gasteiger partial charge in [-0.25, -0.2) is 15.0 Å². The number of para-hydroxylation sites is 2. The van der Waals surface area contributed by atoms with Gasteiger partial charge in [-0.1, -0.05) is 152 Å². The lowest BCUT2D eigenvalue weighted by Gasteiger charge is -2.14. The topological polar surface area (TPSA) is 56.7 Å². The second-order valence-corrected chi connectivity index (χ2v) is 16.6. The normalized spacial score (nSPS) is 11.9. The van der Waals surface area contributed by atoms with Crippen molar-refractivity contribution in [3.05, 3.63) is 194 Å². The lowest BCUT2D eigenvalue weighted by atomic mass is 9.99. The molecule has 0 atom stereocenters. The molecule has 6 heteroatoms. The number of aromatic nitrogens is 4. The third-order valence-electron chi connectivity index (χ3n) is 12.1. The first kappa shape index (κ1) is 34.0. The molecule has 0 aliphatic carbocycles. The van der Waals surface area contributed by atoms with E-state index in [9.17, 15) is 0 Å². The largest absolute Gasteiger partial charge is 0.454 e. The summed E-state index contributed by atoms with van der Waals surface area (Å²) in [6.45, 7) is 0. The van der Waals surface area contributed by atoms with Crippen molar-refractivity contribution in [3.8, 4) is 51.0 Å². The molecule has 4 aromatic heterocycles. The van der Waals surface area contributed by atoms with Gasteiger partial charge in [-0.3, -0.25) is 0 Å². The van der Waals surface area contributed by atoms with Crippen molar-refractivity contribution in [1.29, 1.82) is 0 Å². The number of rotatable bonds is 5. The van der Waals surface area contributed by atoms with E-state index in [1.165, 1.54) is 31.1 Å². The van der Waals surface area contributed by atoms with Gasteiger partial charge in [-0.15, -0.1) is 11.3 Å². The average Bonchev–Trinajstić information content (AvgIpc) is 4.01. The molecule has 13 rings (SSSR count). The van der Waals surface area contributed by atoms with Gasteiger partial charge in [0.15, 0.2) is 23.1 Å². The van der Waals surface area contributed by atoms with E-state index in [0.29, 0.717) is 17.5 Å². The van der Waals surface area contributed by atoms with Gasteiger partial charge in [0.2, 0.25) is 0 Å². The third kappa shape index (κ3) is 5.29. The van der Waals surface area contributed by atoms with Crippen molar-refractivity contribution in [2.75, 3.05) is 0 Å². The fourth-order valence-corrected chi connectivity index (χ4v) is 10.4. The Labute approximate surface area is 353 Å². The summed E-state index contributed by atoms with van der Waals surface area (Å²) in [7, 11) is 0. The number of thiophene rings is 1. The molecule has 0 aliphatic rings. The first-order valence-corrected chi connectivity index (χ1v) is 21.2. The van der Waals surface area contributed by atoms with Crippen LogP contribution >= 0.6 is 11.3 Å². The summed E-state index contributed by atoms with van der Waals surface area (Å²) in [4.78, 5) is 15.8. The van der Waals surface area contributed by atoms with E-state index < -0.39 is 0 Å². The predicted molar refractivity (Wildman–Crippen MR) is 254 cm³/mol. The molecule has 0 fully saturated rings. The van der Waals surface area contributed by atoms with Gasteiger partial charge in [0.1, 0.15) is 5.58 Å². The summed E-state index contributed by atoms with van der Waals surface area (Å²) >= 11 is 1.83. The molecule has 0 bridgehead atoms. The van der Waals surface area contributed by atoms with Crippen LogP contribution in [0.1, 0.15) is 0 Å². The van der Waals surface area contributed by atoms with Crippen molar-refractivity contribution >= 4 is 86.0 Å². The van der Waals surface area contributed by atoms with Crippen molar-refractivity contribution in [1.82, 2.24) is 19.5 Å². The molecule has 0 spiro atoms. The van der Waals surface area contributed by atoms with E-state index in [0.717, 1.165) is 77.1 Å². The number of nitrogens with zero attached hydrogens (tertiary/aromatic N) is 4. The van der Waals surface area contributed by atoms with E-state index in [2.05, 4.69) is 168 Å². The number of benzene rings is 9. The Morgan fingerprint density at radius 1 is 0.393 bits per heavy atom. The van der Waals surface area contributed by atoms with Crippen molar-refractivity contribution in [3.63, 3.8) is 0 Å². The Morgan fingerprint density at radius 3 is 1.79 bits per heavy atom. The molecule has 0 saturated heterocycles. The Bertz CT molecular complexity index is 3870. The minimum atomic E-state index is 0.622. The summed E-state index contributed by atoms with van der Waals surface area (Å²) in [5.41, 5.74) is 10.1. The second kappa shape index (κ2) is 13.3. The lowest BCUT2D eigenvalue weighted by Crippen LogP contribution is -2.01. The van der Waals surface area contributed by atoms with Crippen LogP contribution in [0.5, 0.6) is 0 Å². The van der Waals surface area contributed by atoms with Gasteiger partial charge in [0.25, 0.3) is 0 Å². The maximum Gasteiger partial charge on any atom is 0.164 e. The molecular weight excluding hydrogens is 765 g/mol. The van der Waals surface area contributed by atoms with Gasteiger partial charge in [-0.05, 0) is 59.0 Å². The van der Waals surface area contributed by atoms with Crippen molar-refractivity contribution in [2.45, 2.75) is 0 Å². The monoisotopic (exact) mass is 796 g/mol. The summed E-state index contributed by atoms with van der Waals surface area (Å²) in [5, 5.41) is 9.16. The number of furan rings is 1. The molecule has 4 heterocycles. The van der Waals surface area contributed by atoms with Crippen LogP contribution in [-0.4, -0.2) is 19.5 Å². The van der Waals surface area contributed by atoms with Crippen LogP contribution in [0.15, 0.2) is 199 Å². The molecule has 0 saturated carbocycles. The Hall–Kier alpha value is -7.93. The molecule has 13 aromatic rings. The zero-order valence-electron chi connectivity index (χ0n) is 32.6. The predicted octanol–water partition coefficient (Wildman–Crippen LogP) is 15.1. The van der Waals surface area contributed by atoms with Gasteiger partial charge >= 0.3 is 0 Å². The molecule has 5 nitrogen and oxygen atoms in total. The SMILES string of the molecule is c1ccc(-c2ccc(-c3nc(-c4ccccc4)nc(-c4cc5c6ccccc6sc5c5ccc(-n6c7ccccc7c7ccc8c9ccccc9oc8c76)cc45)n3)cc2)cc1. The minimum absolute atomic E-state index is 0.622. The van der Waals surface area contributed by atoms with E-state index in [1.54, 1.807) is 0 Å². The van der Waals surface area contributed by atoms with Gasteiger partial charge in [0, 0.05) is 69.5 Å². The fraction of sp³-hybridized carbons (Fsp3) is 0. The first-order valence-electron chi connectivity index (χ1n) is 20.4. The van der Waals surface area contributed by atoms with Crippen LogP contribution in [0.2, 0.25) is 0 Å². The number of hydrogen-bond donors (Lipinski definition) is 0. The molecule has 284 valence electrons. The van der Waals surface area contributed by atoms with E-state index >= 15 is 0 Å². The standard InChI is InChI=1S/C55H32N4OS/c1-3-13-33(14-4-1)34-23-25-36(26-24-34)54-56-53(35-15-5-2-6-16-35)57-55(58-54)46-32-45-40-19-9-12-22-49(40)61-52(45)43-28-27-37(31-44(43)46)59-47-20-10-7-17-38(47)41-29-30-42-39-18-8-11-21-48(39)60-51(42)50(41)59/h1-32H. The highest BCUT2D eigenvalue weighted by atomic mass is 32.1. The summed E-state index contributed by atoms with van der Waals surface area (Å²) in [5.74, 6) is 1.87. The minimum Gasteiger partial charge on any atom is -0.454 e. The maximum absolute atomic E-state index is 6.73. The van der Waals surface area contributed by atoms with Crippen LogP contribution in [0.3, 0.4) is 0 Å². The van der Waals surface area contributed by atoms with Crippen LogP contribution < -0.4 is 0 Å². The zero-order chi connectivity index (χ0) is 40.0. The highest BCUT2D eigenvalue weighted by molar-refractivity contribution is 7.26. The molecule has 0 aliphatic heterocycles. The Kier molecular flexibility index (Phi) is 7.41.